The van der Waals surface area contributed by atoms with Gasteiger partial charge in [0.15, 0.2) is 0 Å². The van der Waals surface area contributed by atoms with Gasteiger partial charge in [-0.2, -0.15) is 0 Å². The number of rotatable bonds is 5. The van der Waals surface area contributed by atoms with Crippen LogP contribution in [0.4, 0.5) is 5.69 Å². The summed E-state index contributed by atoms with van der Waals surface area (Å²) in [6.45, 7) is 9.56. The predicted octanol–water partition coefficient (Wildman–Crippen LogP) is 2.67. The number of hydrogen-bond acceptors (Lipinski definition) is 2. The number of allylic oxidation sites excluding steroid dienone is 1. The van der Waals surface area contributed by atoms with Gasteiger partial charge in [0.1, 0.15) is 0 Å². The molecule has 0 unspecified atom stereocenters. The Balaban J connectivity index is 3.38. The van der Waals surface area contributed by atoms with Crippen molar-refractivity contribution < 1.29 is 8.42 Å². The highest BCUT2D eigenvalue weighted by Gasteiger charge is 2.18. The fourth-order valence-electron chi connectivity index (χ4n) is 1.58. The van der Waals surface area contributed by atoms with E-state index in [4.69, 9.17) is 0 Å². The maximum absolute atomic E-state index is 11.7. The van der Waals surface area contributed by atoms with Crippen molar-refractivity contribution in [2.75, 3.05) is 17.1 Å². The molecule has 1 aromatic rings. The number of hydrogen-bond donors (Lipinski definition) is 0. The molecule has 0 atom stereocenters. The lowest BCUT2D eigenvalue weighted by molar-refractivity contribution is 0.598. The molecular weight excluding hydrogens is 234 g/mol. The Morgan fingerprint density at radius 1 is 1.41 bits per heavy atom. The lowest BCUT2D eigenvalue weighted by Gasteiger charge is -2.23. The van der Waals surface area contributed by atoms with E-state index in [2.05, 4.69) is 13.2 Å². The van der Waals surface area contributed by atoms with Crippen LogP contribution in [-0.4, -0.2) is 21.2 Å². The molecule has 1 aromatic carbocycles. The number of nitrogens with zero attached hydrogens (tertiary/aromatic N) is 1. The van der Waals surface area contributed by atoms with Crippen LogP contribution in [0, 0.1) is 0 Å². The smallest absolute Gasteiger partial charge is 0.232 e. The van der Waals surface area contributed by atoms with E-state index in [0.717, 1.165) is 11.1 Å². The molecule has 0 saturated carbocycles. The molecule has 0 saturated heterocycles. The third kappa shape index (κ3) is 3.20. The van der Waals surface area contributed by atoms with Crippen LogP contribution in [0.2, 0.25) is 0 Å². The van der Waals surface area contributed by atoms with Crippen LogP contribution in [0.3, 0.4) is 0 Å². The van der Waals surface area contributed by atoms with Crippen molar-refractivity contribution in [1.29, 1.82) is 0 Å². The molecule has 0 aromatic heterocycles. The first-order valence-corrected chi connectivity index (χ1v) is 7.06. The first-order valence-electron chi connectivity index (χ1n) is 5.21. The Bertz CT molecular complexity index is 532. The quantitative estimate of drug-likeness (QED) is 0.754. The minimum absolute atomic E-state index is 0.253. The Morgan fingerprint density at radius 3 is 2.47 bits per heavy atom. The Morgan fingerprint density at radius 2 is 2.00 bits per heavy atom. The molecule has 0 bridgehead atoms. The molecule has 0 N–H and O–H groups in total. The second-order valence-electron chi connectivity index (χ2n) is 3.88. The zero-order valence-corrected chi connectivity index (χ0v) is 11.0. The average Bonchev–Trinajstić information content (AvgIpc) is 2.24. The second-order valence-corrected chi connectivity index (χ2v) is 5.79. The van der Waals surface area contributed by atoms with Crippen LogP contribution in [0.1, 0.15) is 12.5 Å². The van der Waals surface area contributed by atoms with Crippen molar-refractivity contribution in [3.05, 3.63) is 49.1 Å². The highest BCUT2D eigenvalue weighted by molar-refractivity contribution is 7.92. The number of benzene rings is 1. The molecule has 0 fully saturated rings. The van der Waals surface area contributed by atoms with E-state index in [-0.39, 0.29) is 6.54 Å². The van der Waals surface area contributed by atoms with Gasteiger partial charge in [0, 0.05) is 5.56 Å². The minimum atomic E-state index is -3.32. The van der Waals surface area contributed by atoms with Gasteiger partial charge in [0.2, 0.25) is 10.0 Å². The monoisotopic (exact) mass is 251 g/mol. The molecule has 4 heteroatoms. The van der Waals surface area contributed by atoms with E-state index in [1.807, 2.05) is 25.1 Å². The van der Waals surface area contributed by atoms with Crippen molar-refractivity contribution in [1.82, 2.24) is 0 Å². The van der Waals surface area contributed by atoms with Crippen molar-refractivity contribution in [2.45, 2.75) is 6.92 Å². The van der Waals surface area contributed by atoms with Gasteiger partial charge in [-0.25, -0.2) is 8.42 Å². The Labute approximate surface area is 103 Å². The van der Waals surface area contributed by atoms with Crippen LogP contribution >= 0.6 is 0 Å². The highest BCUT2D eigenvalue weighted by atomic mass is 32.2. The summed E-state index contributed by atoms with van der Waals surface area (Å²) in [7, 11) is -3.32. The molecule has 3 nitrogen and oxygen atoms in total. The van der Waals surface area contributed by atoms with E-state index < -0.39 is 10.0 Å². The molecule has 1 rings (SSSR count). The lowest BCUT2D eigenvalue weighted by Crippen LogP contribution is -2.30. The highest BCUT2D eigenvalue weighted by Crippen LogP contribution is 2.27. The van der Waals surface area contributed by atoms with Crippen LogP contribution in [0.15, 0.2) is 43.5 Å². The van der Waals surface area contributed by atoms with Crippen LogP contribution in [-0.2, 0) is 10.0 Å². The SMILES string of the molecule is C=CCN(c1ccccc1C(=C)C)S(C)(=O)=O. The predicted molar refractivity (Wildman–Crippen MR) is 73.5 cm³/mol. The molecule has 0 heterocycles. The van der Waals surface area contributed by atoms with Gasteiger partial charge in [0.05, 0.1) is 18.5 Å². The topological polar surface area (TPSA) is 37.4 Å². The van der Waals surface area contributed by atoms with Gasteiger partial charge in [-0.1, -0.05) is 30.9 Å². The summed E-state index contributed by atoms with van der Waals surface area (Å²) < 4.78 is 24.8. The van der Waals surface area contributed by atoms with Crippen LogP contribution in [0.25, 0.3) is 5.57 Å². The minimum Gasteiger partial charge on any atom is -0.266 e. The summed E-state index contributed by atoms with van der Waals surface area (Å²) in [6.07, 6.45) is 2.75. The van der Waals surface area contributed by atoms with E-state index in [0.29, 0.717) is 5.69 Å². The van der Waals surface area contributed by atoms with Crippen molar-refractivity contribution in [3.63, 3.8) is 0 Å². The number of anilines is 1. The normalized spacial score (nSPS) is 10.9. The van der Waals surface area contributed by atoms with Gasteiger partial charge in [0.25, 0.3) is 0 Å². The third-order valence-electron chi connectivity index (χ3n) is 2.33. The molecule has 0 aliphatic heterocycles. The lowest BCUT2D eigenvalue weighted by atomic mass is 10.1. The molecule has 17 heavy (non-hydrogen) atoms. The first kappa shape index (κ1) is 13.5. The first-order chi connectivity index (χ1) is 7.88. The van der Waals surface area contributed by atoms with Gasteiger partial charge in [-0.05, 0) is 18.6 Å². The largest absolute Gasteiger partial charge is 0.266 e. The van der Waals surface area contributed by atoms with Gasteiger partial charge in [-0.3, -0.25) is 4.31 Å². The molecule has 0 aliphatic rings. The van der Waals surface area contributed by atoms with Crippen LogP contribution in [0.5, 0.6) is 0 Å². The maximum Gasteiger partial charge on any atom is 0.232 e. The zero-order chi connectivity index (χ0) is 13.1. The van der Waals surface area contributed by atoms with E-state index in [1.54, 1.807) is 12.1 Å². The Kier molecular flexibility index (Phi) is 4.12. The summed E-state index contributed by atoms with van der Waals surface area (Å²) in [4.78, 5) is 0. The fraction of sp³-hybridized carbons (Fsp3) is 0.231. The standard InChI is InChI=1S/C13H17NO2S/c1-5-10-14(17(4,15)16)13-9-7-6-8-12(13)11(2)3/h5-9H,1-2,10H2,3-4H3. The Hall–Kier alpha value is -1.55. The molecule has 0 radical (unpaired) electrons. The van der Waals surface area contributed by atoms with Gasteiger partial charge >= 0.3 is 0 Å². The summed E-state index contributed by atoms with van der Waals surface area (Å²) in [5.41, 5.74) is 2.31. The van der Waals surface area contributed by atoms with E-state index in [1.165, 1.54) is 10.6 Å². The summed E-state index contributed by atoms with van der Waals surface area (Å²) >= 11 is 0. The van der Waals surface area contributed by atoms with Crippen LogP contribution < -0.4 is 4.31 Å². The third-order valence-corrected chi connectivity index (χ3v) is 3.47. The van der Waals surface area contributed by atoms with Crippen molar-refractivity contribution in [3.8, 4) is 0 Å². The van der Waals surface area contributed by atoms with Crippen molar-refractivity contribution in [2.24, 2.45) is 0 Å². The molecule has 0 spiro atoms. The average molecular weight is 251 g/mol. The van der Waals surface area contributed by atoms with Gasteiger partial charge in [-0.15, -0.1) is 6.58 Å². The molecule has 0 aliphatic carbocycles. The number of sulfonamides is 1. The summed E-state index contributed by atoms with van der Waals surface area (Å²) in [6, 6.07) is 7.30. The summed E-state index contributed by atoms with van der Waals surface area (Å²) in [5, 5.41) is 0. The fourth-order valence-corrected chi connectivity index (χ4v) is 2.47. The maximum atomic E-state index is 11.7. The van der Waals surface area contributed by atoms with E-state index >= 15 is 0 Å². The molecular formula is C13H17NO2S. The summed E-state index contributed by atoms with van der Waals surface area (Å²) in [5.74, 6) is 0. The molecule has 92 valence electrons. The van der Waals surface area contributed by atoms with Gasteiger partial charge < -0.3 is 0 Å². The van der Waals surface area contributed by atoms with Crippen molar-refractivity contribution >= 4 is 21.3 Å². The zero-order valence-electron chi connectivity index (χ0n) is 10.2. The molecule has 0 amide bonds. The van der Waals surface area contributed by atoms with E-state index in [9.17, 15) is 8.42 Å². The number of para-hydroxylation sites is 1. The second kappa shape index (κ2) is 5.19.